The highest BCUT2D eigenvalue weighted by atomic mass is 16.3. The maximum absolute atomic E-state index is 12.6. The lowest BCUT2D eigenvalue weighted by Gasteiger charge is -2.27. The van der Waals surface area contributed by atoms with Crippen molar-refractivity contribution in [2.24, 2.45) is 0 Å². The number of amides is 1. The minimum Gasteiger partial charge on any atom is -0.394 e. The smallest absolute Gasteiger partial charge is 0.249 e. The zero-order chi connectivity index (χ0) is 44.5. The number of allylic oxidation sites excluding steroid dienone is 8. The second kappa shape index (κ2) is 49.3. The predicted octanol–water partition coefficient (Wildman–Crippen LogP) is 15.0. The molecule has 0 aromatic heterocycles. The van der Waals surface area contributed by atoms with E-state index in [0.29, 0.717) is 19.3 Å². The third-order valence-corrected chi connectivity index (χ3v) is 12.2. The summed E-state index contributed by atoms with van der Waals surface area (Å²) in [5.74, 6) is -0.601. The van der Waals surface area contributed by atoms with E-state index in [4.69, 9.17) is 0 Å². The zero-order valence-corrected chi connectivity index (χ0v) is 40.4. The highest BCUT2D eigenvalue weighted by Gasteiger charge is 2.28. The summed E-state index contributed by atoms with van der Waals surface area (Å²) in [6, 6.07) is -1.01. The molecule has 358 valence electrons. The van der Waals surface area contributed by atoms with Crippen LogP contribution in [0.1, 0.15) is 264 Å². The molecule has 4 unspecified atom stereocenters. The summed E-state index contributed by atoms with van der Waals surface area (Å²) >= 11 is 0. The van der Waals surface area contributed by atoms with Gasteiger partial charge in [-0.25, -0.2) is 0 Å². The van der Waals surface area contributed by atoms with E-state index in [9.17, 15) is 25.2 Å². The van der Waals surface area contributed by atoms with Crippen LogP contribution in [-0.4, -0.2) is 57.3 Å². The molecular weight excluding hydrogens is 755 g/mol. The Hall–Kier alpha value is -1.73. The Morgan fingerprint density at radius 2 is 0.689 bits per heavy atom. The molecule has 0 radical (unpaired) electrons. The van der Waals surface area contributed by atoms with Crippen molar-refractivity contribution in [1.82, 2.24) is 5.32 Å². The van der Waals surface area contributed by atoms with Crippen LogP contribution < -0.4 is 5.32 Å². The Kier molecular flexibility index (Phi) is 47.9. The molecule has 0 aliphatic heterocycles. The van der Waals surface area contributed by atoms with Gasteiger partial charge in [0.2, 0.25) is 5.91 Å². The number of nitrogens with one attached hydrogen (secondary N) is 1. The van der Waals surface area contributed by atoms with Crippen molar-refractivity contribution in [3.05, 3.63) is 48.6 Å². The number of unbranched alkanes of at least 4 members (excludes halogenated alkanes) is 31. The first-order valence-electron chi connectivity index (χ1n) is 26.5. The van der Waals surface area contributed by atoms with E-state index in [2.05, 4.69) is 67.8 Å². The number of carbonyl (C=O) groups excluding carboxylic acids is 1. The van der Waals surface area contributed by atoms with E-state index in [1.54, 1.807) is 0 Å². The van der Waals surface area contributed by atoms with Gasteiger partial charge in [-0.15, -0.1) is 0 Å². The molecule has 61 heavy (non-hydrogen) atoms. The predicted molar refractivity (Wildman–Crippen MR) is 265 cm³/mol. The van der Waals surface area contributed by atoms with Crippen LogP contribution in [0.25, 0.3) is 0 Å². The molecule has 0 saturated heterocycles. The Labute approximate surface area is 379 Å². The summed E-state index contributed by atoms with van der Waals surface area (Å²) in [6.45, 7) is 4.05. The molecule has 0 aromatic carbocycles. The molecule has 4 atom stereocenters. The van der Waals surface area contributed by atoms with Crippen LogP contribution in [-0.2, 0) is 4.79 Å². The Bertz CT molecular complexity index is 1010. The summed E-state index contributed by atoms with van der Waals surface area (Å²) in [5.41, 5.74) is 0. The minimum absolute atomic E-state index is 0.354. The minimum atomic E-state index is -1.30. The molecule has 6 heteroatoms. The maximum Gasteiger partial charge on any atom is 0.249 e. The van der Waals surface area contributed by atoms with Gasteiger partial charge in [0.1, 0.15) is 12.2 Å². The van der Waals surface area contributed by atoms with Gasteiger partial charge < -0.3 is 25.7 Å². The molecule has 0 rings (SSSR count). The normalized spacial score (nSPS) is 14.3. The number of aliphatic hydroxyl groups excluding tert-OH is 4. The molecule has 0 saturated carbocycles. The van der Waals surface area contributed by atoms with E-state index in [1.165, 1.54) is 180 Å². The average Bonchev–Trinajstić information content (AvgIpc) is 3.26. The maximum atomic E-state index is 12.6. The third kappa shape index (κ3) is 43.3. The summed E-state index contributed by atoms with van der Waals surface area (Å²) in [5, 5.41) is 43.9. The van der Waals surface area contributed by atoms with Crippen LogP contribution in [0.2, 0.25) is 0 Å². The Morgan fingerprint density at radius 1 is 0.393 bits per heavy atom. The fraction of sp³-hybridized carbons (Fsp3) is 0.836. The van der Waals surface area contributed by atoms with Crippen LogP contribution in [0.3, 0.4) is 0 Å². The standard InChI is InChI=1S/C55H103NO5/c1-3-5-7-9-11-13-15-17-19-21-23-25-26-27-29-31-33-35-37-39-41-43-45-47-49-53(59)55(61)56-51(50-57)54(60)52(58)48-46-44-42-40-38-36-34-32-30-28-24-22-20-18-16-14-12-10-8-6-4-2/h22,24,27,29,32,34,40,42,51-54,57-60H,3-21,23,25-26,28,30-31,33,35-39,41,43-50H2,1-2H3,(H,56,61)/b24-22+,29-27-,34-32+,42-40+. The molecule has 0 heterocycles. The molecule has 0 aromatic rings. The van der Waals surface area contributed by atoms with Crippen molar-refractivity contribution in [2.75, 3.05) is 6.61 Å². The van der Waals surface area contributed by atoms with Gasteiger partial charge in [0.15, 0.2) is 0 Å². The first kappa shape index (κ1) is 59.3. The zero-order valence-electron chi connectivity index (χ0n) is 40.4. The molecule has 0 aliphatic rings. The number of rotatable bonds is 48. The van der Waals surface area contributed by atoms with E-state index < -0.39 is 36.9 Å². The van der Waals surface area contributed by atoms with Gasteiger partial charge in [-0.2, -0.15) is 0 Å². The van der Waals surface area contributed by atoms with Crippen molar-refractivity contribution in [2.45, 2.75) is 289 Å². The van der Waals surface area contributed by atoms with Crippen molar-refractivity contribution < 1.29 is 25.2 Å². The lowest BCUT2D eigenvalue weighted by molar-refractivity contribution is -0.132. The molecule has 0 aliphatic carbocycles. The highest BCUT2D eigenvalue weighted by Crippen LogP contribution is 2.16. The van der Waals surface area contributed by atoms with Crippen LogP contribution in [0.4, 0.5) is 0 Å². The lowest BCUT2D eigenvalue weighted by atomic mass is 10.00. The van der Waals surface area contributed by atoms with Crippen molar-refractivity contribution >= 4 is 5.91 Å². The molecular formula is C55H103NO5. The van der Waals surface area contributed by atoms with Gasteiger partial charge in [0.05, 0.1) is 18.8 Å². The molecule has 0 bridgehead atoms. The van der Waals surface area contributed by atoms with Crippen LogP contribution >= 0.6 is 0 Å². The second-order valence-electron chi connectivity index (χ2n) is 18.2. The van der Waals surface area contributed by atoms with Crippen molar-refractivity contribution in [3.63, 3.8) is 0 Å². The second-order valence-corrected chi connectivity index (χ2v) is 18.2. The SMILES string of the molecule is CCCCCCCCCC/C=C/CC/C=C/CC/C=C/CCCC(O)C(O)C(CO)NC(=O)C(O)CCCCCCCCCC/C=C\CCCCCCCCCCCCCC. The number of carbonyl (C=O) groups is 1. The van der Waals surface area contributed by atoms with Crippen LogP contribution in [0.15, 0.2) is 48.6 Å². The van der Waals surface area contributed by atoms with E-state index in [-0.39, 0.29) is 0 Å². The van der Waals surface area contributed by atoms with Gasteiger partial charge in [-0.3, -0.25) is 4.79 Å². The number of hydrogen-bond donors (Lipinski definition) is 5. The van der Waals surface area contributed by atoms with Crippen molar-refractivity contribution in [1.29, 1.82) is 0 Å². The van der Waals surface area contributed by atoms with E-state index >= 15 is 0 Å². The molecule has 0 spiro atoms. The number of aliphatic hydroxyl groups is 4. The molecule has 1 amide bonds. The third-order valence-electron chi connectivity index (χ3n) is 12.2. The van der Waals surface area contributed by atoms with E-state index in [1.807, 2.05) is 0 Å². The quantitative estimate of drug-likeness (QED) is 0.0309. The van der Waals surface area contributed by atoms with Crippen molar-refractivity contribution in [3.8, 4) is 0 Å². The first-order valence-corrected chi connectivity index (χ1v) is 26.5. The van der Waals surface area contributed by atoms with Crippen LogP contribution in [0, 0.1) is 0 Å². The summed E-state index contributed by atoms with van der Waals surface area (Å²) in [7, 11) is 0. The fourth-order valence-electron chi connectivity index (χ4n) is 8.02. The summed E-state index contributed by atoms with van der Waals surface area (Å²) in [4.78, 5) is 12.6. The van der Waals surface area contributed by atoms with Gasteiger partial charge in [0, 0.05) is 0 Å². The molecule has 0 fully saturated rings. The molecule has 5 N–H and O–H groups in total. The summed E-state index contributed by atoms with van der Waals surface area (Å²) < 4.78 is 0. The lowest BCUT2D eigenvalue weighted by Crippen LogP contribution is -2.53. The topological polar surface area (TPSA) is 110 Å². The van der Waals surface area contributed by atoms with Crippen LogP contribution in [0.5, 0.6) is 0 Å². The van der Waals surface area contributed by atoms with Gasteiger partial charge in [0.25, 0.3) is 0 Å². The largest absolute Gasteiger partial charge is 0.394 e. The summed E-state index contributed by atoms with van der Waals surface area (Å²) in [6.07, 6.45) is 61.6. The average molecular weight is 858 g/mol. The van der Waals surface area contributed by atoms with Gasteiger partial charge in [-0.1, -0.05) is 223 Å². The highest BCUT2D eigenvalue weighted by molar-refractivity contribution is 5.80. The first-order chi connectivity index (χ1) is 30.0. The molecule has 6 nitrogen and oxygen atoms in total. The van der Waals surface area contributed by atoms with E-state index in [0.717, 1.165) is 51.4 Å². The Morgan fingerprint density at radius 3 is 1.03 bits per heavy atom. The Balaban J connectivity index is 3.74. The van der Waals surface area contributed by atoms with Gasteiger partial charge >= 0.3 is 0 Å². The monoisotopic (exact) mass is 858 g/mol. The number of hydrogen-bond acceptors (Lipinski definition) is 5. The van der Waals surface area contributed by atoms with Gasteiger partial charge in [-0.05, 0) is 89.9 Å². The fourth-order valence-corrected chi connectivity index (χ4v) is 8.02.